The molecule has 10 heteroatoms. The monoisotopic (exact) mass is 334 g/mol. The predicted molar refractivity (Wildman–Crippen MR) is 70.7 cm³/mol. The second-order valence-corrected chi connectivity index (χ2v) is 5.72. The van der Waals surface area contributed by atoms with Crippen LogP contribution in [0.2, 0.25) is 0 Å². The Morgan fingerprint density at radius 3 is 2.64 bits per heavy atom. The van der Waals surface area contributed by atoms with Crippen LogP contribution in [0.25, 0.3) is 0 Å². The van der Waals surface area contributed by atoms with E-state index in [9.17, 15) is 23.4 Å². The van der Waals surface area contributed by atoms with Gasteiger partial charge in [-0.3, -0.25) is 9.35 Å². The van der Waals surface area contributed by atoms with Crippen LogP contribution < -0.4 is 4.74 Å². The Balaban J connectivity index is 2.07. The van der Waals surface area contributed by atoms with E-state index >= 15 is 0 Å². The third-order valence-electron chi connectivity index (χ3n) is 2.96. The topological polar surface area (TPSA) is 140 Å². The van der Waals surface area contributed by atoms with Crippen LogP contribution in [-0.4, -0.2) is 42.0 Å². The van der Waals surface area contributed by atoms with Crippen LogP contribution in [-0.2, 0) is 30.5 Å². The van der Waals surface area contributed by atoms with Crippen LogP contribution in [0, 0.1) is 0 Å². The lowest BCUT2D eigenvalue weighted by atomic mass is 10.0. The third kappa shape index (κ3) is 4.48. The van der Waals surface area contributed by atoms with Gasteiger partial charge >= 0.3 is 16.4 Å². The lowest BCUT2D eigenvalue weighted by Gasteiger charge is -2.13. The molecule has 9 nitrogen and oxygen atoms in total. The summed E-state index contributed by atoms with van der Waals surface area (Å²) in [7, 11) is -4.68. The van der Waals surface area contributed by atoms with Crippen molar-refractivity contribution in [2.45, 2.75) is 25.4 Å². The van der Waals surface area contributed by atoms with Gasteiger partial charge in [0, 0.05) is 12.8 Å². The van der Waals surface area contributed by atoms with E-state index in [4.69, 9.17) is 14.0 Å². The summed E-state index contributed by atoms with van der Waals surface area (Å²) in [6.07, 6.45) is 0.830. The van der Waals surface area contributed by atoms with E-state index in [1.54, 1.807) is 0 Å². The van der Waals surface area contributed by atoms with Gasteiger partial charge in [-0.05, 0) is 24.1 Å². The molecule has 0 amide bonds. The Bertz CT molecular complexity index is 667. The van der Waals surface area contributed by atoms with Gasteiger partial charge in [-0.25, -0.2) is 4.18 Å². The molecule has 1 aliphatic heterocycles. The van der Waals surface area contributed by atoms with Gasteiger partial charge < -0.3 is 19.7 Å². The van der Waals surface area contributed by atoms with Gasteiger partial charge in [0.1, 0.15) is 6.10 Å². The lowest BCUT2D eigenvalue weighted by Crippen LogP contribution is -2.11. The van der Waals surface area contributed by atoms with Gasteiger partial charge in [0.2, 0.25) is 12.5 Å². The summed E-state index contributed by atoms with van der Waals surface area (Å²) in [5.41, 5.74) is 0.511. The Labute approximate surface area is 126 Å². The average Bonchev–Trinajstić information content (AvgIpc) is 2.79. The van der Waals surface area contributed by atoms with Crippen molar-refractivity contribution in [3.63, 3.8) is 0 Å². The number of phenolic OH excluding ortho intramolecular Hbond substituents is 2. The highest BCUT2D eigenvalue weighted by atomic mass is 32.3. The van der Waals surface area contributed by atoms with E-state index in [0.717, 1.165) is 0 Å². The molecule has 1 heterocycles. The molecule has 1 aromatic rings. The number of hydrogen-bond donors (Lipinski definition) is 3. The standard InChI is InChI=1S/C12H14O9S/c13-9-4-7(3-8-1-2-11(14)21-8)5-10(12(9)15)19-6-20-22(16,17)18/h4-5,8,13,15H,1-3,6H2,(H,16,17,18). The number of hydrogen-bond acceptors (Lipinski definition) is 8. The van der Waals surface area contributed by atoms with Crippen LogP contribution in [0.1, 0.15) is 18.4 Å². The largest absolute Gasteiger partial charge is 0.504 e. The molecule has 22 heavy (non-hydrogen) atoms. The third-order valence-corrected chi connectivity index (χ3v) is 3.35. The zero-order chi connectivity index (χ0) is 16.3. The number of cyclic esters (lactones) is 1. The van der Waals surface area contributed by atoms with Crippen molar-refractivity contribution in [1.29, 1.82) is 0 Å². The van der Waals surface area contributed by atoms with E-state index in [1.165, 1.54) is 12.1 Å². The van der Waals surface area contributed by atoms with Crippen molar-refractivity contribution in [1.82, 2.24) is 0 Å². The normalized spacial score (nSPS) is 18.2. The van der Waals surface area contributed by atoms with Crippen molar-refractivity contribution in [3.05, 3.63) is 17.7 Å². The van der Waals surface area contributed by atoms with Crippen LogP contribution in [0.3, 0.4) is 0 Å². The zero-order valence-electron chi connectivity index (χ0n) is 11.3. The average molecular weight is 334 g/mol. The van der Waals surface area contributed by atoms with Crippen molar-refractivity contribution in [2.75, 3.05) is 6.79 Å². The maximum absolute atomic E-state index is 11.0. The Morgan fingerprint density at radius 1 is 1.32 bits per heavy atom. The van der Waals surface area contributed by atoms with E-state index in [0.29, 0.717) is 24.8 Å². The Kier molecular flexibility index (Phi) is 4.74. The summed E-state index contributed by atoms with van der Waals surface area (Å²) >= 11 is 0. The van der Waals surface area contributed by atoms with Crippen molar-refractivity contribution < 1.29 is 41.6 Å². The molecule has 2 rings (SSSR count). The van der Waals surface area contributed by atoms with Crippen molar-refractivity contribution in [3.8, 4) is 17.2 Å². The summed E-state index contributed by atoms with van der Waals surface area (Å²) in [6.45, 7) is -0.881. The molecule has 0 spiro atoms. The molecule has 3 N–H and O–H groups in total. The number of phenols is 2. The SMILES string of the molecule is O=C1CCC(Cc2cc(O)c(O)c(OCOS(=O)(=O)O)c2)O1. The second kappa shape index (κ2) is 6.38. The van der Waals surface area contributed by atoms with Gasteiger partial charge in [-0.15, -0.1) is 0 Å². The fourth-order valence-corrected chi connectivity index (χ4v) is 2.18. The molecule has 1 unspecified atom stereocenters. The maximum Gasteiger partial charge on any atom is 0.400 e. The molecule has 1 aliphatic rings. The first-order chi connectivity index (χ1) is 10.2. The summed E-state index contributed by atoms with van der Waals surface area (Å²) in [5, 5.41) is 19.2. The van der Waals surface area contributed by atoms with Gasteiger partial charge in [-0.2, -0.15) is 8.42 Å². The summed E-state index contributed by atoms with van der Waals surface area (Å²) in [5.74, 6) is -1.62. The number of benzene rings is 1. The van der Waals surface area contributed by atoms with E-state index in [-0.39, 0.29) is 17.8 Å². The molecule has 0 aromatic heterocycles. The number of rotatable bonds is 6. The minimum Gasteiger partial charge on any atom is -0.504 e. The zero-order valence-corrected chi connectivity index (χ0v) is 12.1. The summed E-state index contributed by atoms with van der Waals surface area (Å²) < 4.78 is 43.0. The van der Waals surface area contributed by atoms with Gasteiger partial charge in [-0.1, -0.05) is 0 Å². The fourth-order valence-electron chi connectivity index (χ4n) is 2.01. The molecule has 1 fully saturated rings. The van der Waals surface area contributed by atoms with Crippen LogP contribution >= 0.6 is 0 Å². The molecule has 1 atom stereocenters. The van der Waals surface area contributed by atoms with Crippen LogP contribution in [0.15, 0.2) is 12.1 Å². The Hall–Kier alpha value is -2.04. The molecule has 0 saturated carbocycles. The van der Waals surface area contributed by atoms with E-state index in [2.05, 4.69) is 4.18 Å². The molecule has 0 radical (unpaired) electrons. The van der Waals surface area contributed by atoms with Gasteiger partial charge in [0.25, 0.3) is 0 Å². The number of esters is 1. The van der Waals surface area contributed by atoms with Crippen LogP contribution in [0.5, 0.6) is 17.2 Å². The number of ether oxygens (including phenoxy) is 2. The highest BCUT2D eigenvalue weighted by Gasteiger charge is 2.24. The fraction of sp³-hybridized carbons (Fsp3) is 0.417. The quantitative estimate of drug-likeness (QED) is 0.293. The maximum atomic E-state index is 11.0. The summed E-state index contributed by atoms with van der Waals surface area (Å²) in [4.78, 5) is 11.0. The van der Waals surface area contributed by atoms with Gasteiger partial charge in [0.05, 0.1) is 0 Å². The minimum atomic E-state index is -4.68. The highest BCUT2D eigenvalue weighted by Crippen LogP contribution is 2.37. The smallest absolute Gasteiger partial charge is 0.400 e. The van der Waals surface area contributed by atoms with E-state index in [1.807, 2.05) is 0 Å². The Morgan fingerprint density at radius 2 is 2.05 bits per heavy atom. The van der Waals surface area contributed by atoms with Crippen molar-refractivity contribution >= 4 is 16.4 Å². The van der Waals surface area contributed by atoms with Crippen LogP contribution in [0.4, 0.5) is 0 Å². The van der Waals surface area contributed by atoms with E-state index < -0.39 is 28.7 Å². The van der Waals surface area contributed by atoms with Gasteiger partial charge in [0.15, 0.2) is 11.5 Å². The molecule has 0 bridgehead atoms. The number of carbonyl (C=O) groups is 1. The first kappa shape index (κ1) is 16.3. The molecule has 1 saturated heterocycles. The molecular formula is C12H14O9S. The molecule has 122 valence electrons. The molecule has 0 aliphatic carbocycles. The number of aromatic hydroxyl groups is 2. The molecular weight excluding hydrogens is 320 g/mol. The number of carbonyl (C=O) groups excluding carboxylic acids is 1. The molecule has 1 aromatic carbocycles. The van der Waals surface area contributed by atoms with Crippen molar-refractivity contribution in [2.24, 2.45) is 0 Å². The minimum absolute atomic E-state index is 0.233. The predicted octanol–water partition coefficient (Wildman–Crippen LogP) is 0.502. The second-order valence-electron chi connectivity index (χ2n) is 4.62. The lowest BCUT2D eigenvalue weighted by molar-refractivity contribution is -0.141. The first-order valence-electron chi connectivity index (χ1n) is 6.23. The highest BCUT2D eigenvalue weighted by molar-refractivity contribution is 7.80. The first-order valence-corrected chi connectivity index (χ1v) is 7.60. The summed E-state index contributed by atoms with van der Waals surface area (Å²) in [6, 6.07) is 2.62.